The van der Waals surface area contributed by atoms with Crippen LogP contribution in [0, 0.1) is 6.92 Å². The minimum absolute atomic E-state index is 0.0774. The number of carbonyl (C=O) groups is 1. The van der Waals surface area contributed by atoms with Crippen molar-refractivity contribution >= 4 is 38.5 Å². The Hall–Kier alpha value is -3.86. The summed E-state index contributed by atoms with van der Waals surface area (Å²) in [5.41, 5.74) is -0.0975. The van der Waals surface area contributed by atoms with E-state index in [0.717, 1.165) is 34.6 Å². The number of hydrogen-bond acceptors (Lipinski definition) is 5. The number of oxazole rings is 1. The highest BCUT2D eigenvalue weighted by Crippen LogP contribution is 2.37. The Balaban J connectivity index is 1.92. The van der Waals surface area contributed by atoms with Gasteiger partial charge in [0.2, 0.25) is 0 Å². The van der Waals surface area contributed by atoms with Crippen molar-refractivity contribution in [2.24, 2.45) is 0 Å². The molecule has 7 nitrogen and oxygen atoms in total. The highest BCUT2D eigenvalue weighted by Gasteiger charge is 2.32. The number of carboxylic acid groups (broad SMARTS) is 1. The normalized spacial score (nSPS) is 12.1. The average molecular weight is 476 g/mol. The molecule has 0 bridgehead atoms. The van der Waals surface area contributed by atoms with Crippen LogP contribution < -0.4 is 4.31 Å². The Kier molecular flexibility index (Phi) is 5.36. The molecule has 1 aromatic heterocycles. The van der Waals surface area contributed by atoms with Crippen molar-refractivity contribution in [3.8, 4) is 0 Å². The van der Waals surface area contributed by atoms with Crippen LogP contribution in [0.2, 0.25) is 0 Å². The Morgan fingerprint density at radius 1 is 1.00 bits per heavy atom. The summed E-state index contributed by atoms with van der Waals surface area (Å²) in [6.45, 7) is 1.52. The van der Waals surface area contributed by atoms with Gasteiger partial charge in [-0.2, -0.15) is 13.2 Å². The Labute approximate surface area is 185 Å². The molecule has 0 aliphatic carbocycles. The van der Waals surface area contributed by atoms with Crippen LogP contribution in [0.15, 0.2) is 76.4 Å². The Morgan fingerprint density at radius 3 is 2.30 bits per heavy atom. The number of benzene rings is 3. The van der Waals surface area contributed by atoms with Crippen LogP contribution in [0.25, 0.3) is 11.1 Å². The summed E-state index contributed by atoms with van der Waals surface area (Å²) in [6, 6.07) is 11.5. The molecule has 0 aliphatic rings. The van der Waals surface area contributed by atoms with Crippen LogP contribution >= 0.6 is 0 Å². The molecule has 1 N–H and O–H groups in total. The van der Waals surface area contributed by atoms with E-state index in [1.807, 2.05) is 0 Å². The summed E-state index contributed by atoms with van der Waals surface area (Å²) in [6.07, 6.45) is -3.43. The summed E-state index contributed by atoms with van der Waals surface area (Å²) >= 11 is 0. The lowest BCUT2D eigenvalue weighted by Crippen LogP contribution is -2.26. The second kappa shape index (κ2) is 7.93. The standard InChI is InChI=1S/C22H15F3N2O5S/c1-13-2-8-17(11-18(13)21(28)29)33(30,31)27(15-5-3-14(4-6-15)22(23,24)25)16-7-9-20-19(10-16)26-12-32-20/h2-12H,1H3,(H,28,29). The molecule has 0 radical (unpaired) electrons. The zero-order chi connectivity index (χ0) is 24.0. The summed E-state index contributed by atoms with van der Waals surface area (Å²) in [5, 5.41) is 9.40. The van der Waals surface area contributed by atoms with Crippen molar-refractivity contribution in [3.63, 3.8) is 0 Å². The number of fused-ring (bicyclic) bond motifs is 1. The first-order valence-corrected chi connectivity index (χ1v) is 10.8. The number of anilines is 2. The number of aromatic nitrogens is 1. The zero-order valence-electron chi connectivity index (χ0n) is 16.9. The Bertz CT molecular complexity index is 1460. The molecule has 0 atom stereocenters. The molecule has 0 saturated carbocycles. The van der Waals surface area contributed by atoms with Crippen LogP contribution in [0.1, 0.15) is 21.5 Å². The van der Waals surface area contributed by atoms with Gasteiger partial charge in [0.15, 0.2) is 12.0 Å². The van der Waals surface area contributed by atoms with Gasteiger partial charge in [-0.1, -0.05) is 6.07 Å². The van der Waals surface area contributed by atoms with E-state index in [4.69, 9.17) is 4.42 Å². The largest absolute Gasteiger partial charge is 0.478 e. The van der Waals surface area contributed by atoms with Crippen molar-refractivity contribution in [1.29, 1.82) is 0 Å². The lowest BCUT2D eigenvalue weighted by atomic mass is 10.1. The molecule has 33 heavy (non-hydrogen) atoms. The predicted octanol–water partition coefficient (Wildman–Crippen LogP) is 5.38. The van der Waals surface area contributed by atoms with Gasteiger partial charge < -0.3 is 9.52 Å². The van der Waals surface area contributed by atoms with Crippen LogP contribution in [0.5, 0.6) is 0 Å². The molecule has 0 aliphatic heterocycles. The molecule has 4 aromatic rings. The van der Waals surface area contributed by atoms with Gasteiger partial charge in [-0.3, -0.25) is 0 Å². The number of rotatable bonds is 5. The van der Waals surface area contributed by atoms with Gasteiger partial charge in [0, 0.05) is 0 Å². The molecule has 3 aromatic carbocycles. The molecule has 0 saturated heterocycles. The lowest BCUT2D eigenvalue weighted by molar-refractivity contribution is -0.137. The topological polar surface area (TPSA) is 101 Å². The van der Waals surface area contributed by atoms with Crippen LogP contribution in [-0.2, 0) is 16.2 Å². The molecule has 0 unspecified atom stereocenters. The minimum atomic E-state index is -4.60. The van der Waals surface area contributed by atoms with Crippen molar-refractivity contribution in [1.82, 2.24) is 4.98 Å². The molecule has 4 rings (SSSR count). The lowest BCUT2D eigenvalue weighted by Gasteiger charge is -2.25. The first-order chi connectivity index (χ1) is 15.5. The van der Waals surface area contributed by atoms with E-state index >= 15 is 0 Å². The third-order valence-corrected chi connectivity index (χ3v) is 6.71. The number of alkyl halides is 3. The first kappa shape index (κ1) is 22.3. The van der Waals surface area contributed by atoms with Crippen molar-refractivity contribution in [2.75, 3.05) is 4.31 Å². The van der Waals surface area contributed by atoms with Crippen LogP contribution in [-0.4, -0.2) is 24.5 Å². The maximum Gasteiger partial charge on any atom is 0.416 e. The number of nitrogens with zero attached hydrogens (tertiary/aromatic N) is 2. The molecular formula is C22H15F3N2O5S. The van der Waals surface area contributed by atoms with E-state index in [1.54, 1.807) is 0 Å². The summed E-state index contributed by atoms with van der Waals surface area (Å²) < 4.78 is 72.4. The van der Waals surface area contributed by atoms with Gasteiger partial charge in [-0.05, 0) is 67.1 Å². The highest BCUT2D eigenvalue weighted by atomic mass is 32.2. The monoisotopic (exact) mass is 476 g/mol. The summed E-state index contributed by atoms with van der Waals surface area (Å²) in [7, 11) is -4.45. The van der Waals surface area contributed by atoms with Crippen LogP contribution in [0.4, 0.5) is 24.5 Å². The van der Waals surface area contributed by atoms with Gasteiger partial charge in [0.1, 0.15) is 5.52 Å². The number of carboxylic acids is 1. The number of aromatic carboxylic acids is 1. The van der Waals surface area contributed by atoms with E-state index in [-0.39, 0.29) is 21.8 Å². The van der Waals surface area contributed by atoms with Crippen LogP contribution in [0.3, 0.4) is 0 Å². The average Bonchev–Trinajstić information content (AvgIpc) is 3.21. The zero-order valence-corrected chi connectivity index (χ0v) is 17.7. The Morgan fingerprint density at radius 2 is 1.67 bits per heavy atom. The van der Waals surface area contributed by atoms with E-state index < -0.39 is 27.7 Å². The third kappa shape index (κ3) is 4.14. The van der Waals surface area contributed by atoms with Gasteiger partial charge >= 0.3 is 12.1 Å². The second-order valence-corrected chi connectivity index (χ2v) is 8.89. The third-order valence-electron chi connectivity index (χ3n) is 4.96. The fourth-order valence-corrected chi connectivity index (χ4v) is 4.79. The van der Waals surface area contributed by atoms with Crippen molar-refractivity contribution in [3.05, 3.63) is 83.7 Å². The molecule has 0 spiro atoms. The molecule has 170 valence electrons. The molecular weight excluding hydrogens is 461 g/mol. The van der Waals surface area contributed by atoms with Gasteiger partial charge in [0.25, 0.3) is 10.0 Å². The van der Waals surface area contributed by atoms with Gasteiger partial charge in [0.05, 0.1) is 27.4 Å². The van der Waals surface area contributed by atoms with Gasteiger partial charge in [-0.25, -0.2) is 22.5 Å². The smallest absolute Gasteiger partial charge is 0.416 e. The number of halogens is 3. The molecule has 0 fully saturated rings. The fraction of sp³-hybridized carbons (Fsp3) is 0.0909. The second-order valence-electron chi connectivity index (χ2n) is 7.10. The first-order valence-electron chi connectivity index (χ1n) is 9.38. The molecule has 1 heterocycles. The maximum atomic E-state index is 13.6. The highest BCUT2D eigenvalue weighted by molar-refractivity contribution is 7.93. The number of sulfonamides is 1. The SMILES string of the molecule is Cc1ccc(S(=O)(=O)N(c2ccc(C(F)(F)F)cc2)c2ccc3ocnc3c2)cc1C(=O)O. The van der Waals surface area contributed by atoms with Gasteiger partial charge in [-0.15, -0.1) is 0 Å². The maximum absolute atomic E-state index is 13.6. The van der Waals surface area contributed by atoms with Crippen molar-refractivity contribution in [2.45, 2.75) is 18.0 Å². The molecule has 0 amide bonds. The summed E-state index contributed by atoms with van der Waals surface area (Å²) in [4.78, 5) is 15.2. The van der Waals surface area contributed by atoms with E-state index in [0.29, 0.717) is 16.7 Å². The summed E-state index contributed by atoms with van der Waals surface area (Å²) in [5.74, 6) is -1.31. The number of hydrogen-bond donors (Lipinski definition) is 1. The minimum Gasteiger partial charge on any atom is -0.478 e. The molecule has 11 heteroatoms. The number of aryl methyl sites for hydroxylation is 1. The fourth-order valence-electron chi connectivity index (χ4n) is 3.28. The quantitative estimate of drug-likeness (QED) is 0.415. The van der Waals surface area contributed by atoms with E-state index in [9.17, 15) is 31.5 Å². The van der Waals surface area contributed by atoms with Crippen molar-refractivity contribution < 1.29 is 35.9 Å². The predicted molar refractivity (Wildman–Crippen MR) is 113 cm³/mol. The van der Waals surface area contributed by atoms with E-state index in [1.165, 1.54) is 43.6 Å². The van der Waals surface area contributed by atoms with E-state index in [2.05, 4.69) is 4.98 Å².